The highest BCUT2D eigenvalue weighted by molar-refractivity contribution is 7.91. The van der Waals surface area contributed by atoms with Gasteiger partial charge in [0.25, 0.3) is 0 Å². The van der Waals surface area contributed by atoms with E-state index in [9.17, 15) is 8.42 Å². The molecule has 162 valence electrons. The molecular formula is C23H20ClN5O2S. The van der Waals surface area contributed by atoms with Crippen molar-refractivity contribution in [3.63, 3.8) is 0 Å². The van der Waals surface area contributed by atoms with Gasteiger partial charge in [0.05, 0.1) is 39.3 Å². The lowest BCUT2D eigenvalue weighted by Crippen LogP contribution is -2.23. The van der Waals surface area contributed by atoms with Gasteiger partial charge in [-0.05, 0) is 38.0 Å². The number of benzene rings is 1. The van der Waals surface area contributed by atoms with E-state index in [-0.39, 0.29) is 17.4 Å². The van der Waals surface area contributed by atoms with Gasteiger partial charge < -0.3 is 4.98 Å². The van der Waals surface area contributed by atoms with Crippen LogP contribution in [0.1, 0.15) is 30.0 Å². The van der Waals surface area contributed by atoms with E-state index in [0.717, 1.165) is 38.8 Å². The first-order chi connectivity index (χ1) is 15.4. The molecule has 1 aliphatic rings. The van der Waals surface area contributed by atoms with E-state index in [1.165, 1.54) is 5.56 Å². The number of rotatable bonds is 2. The number of pyridine rings is 1. The average molecular weight is 466 g/mol. The van der Waals surface area contributed by atoms with E-state index in [0.29, 0.717) is 23.5 Å². The molecule has 0 radical (unpaired) electrons. The summed E-state index contributed by atoms with van der Waals surface area (Å²) in [5.74, 6) is 0.377. The molecule has 5 aromatic rings. The maximum atomic E-state index is 12.0. The van der Waals surface area contributed by atoms with Gasteiger partial charge in [0, 0.05) is 34.8 Å². The molecule has 6 rings (SSSR count). The van der Waals surface area contributed by atoms with E-state index < -0.39 is 9.84 Å². The number of H-pyrrole nitrogens is 1. The van der Waals surface area contributed by atoms with Crippen molar-refractivity contribution >= 4 is 49.0 Å². The molecule has 7 nitrogen and oxygen atoms in total. The third kappa shape index (κ3) is 3.09. The summed E-state index contributed by atoms with van der Waals surface area (Å²) in [6, 6.07) is 8.28. The Bertz CT molecular complexity index is 1620. The molecule has 0 atom stereocenters. The average Bonchev–Trinajstić information content (AvgIpc) is 3.36. The molecule has 1 fully saturated rings. The van der Waals surface area contributed by atoms with Gasteiger partial charge in [-0.3, -0.25) is 4.98 Å². The first-order valence-corrected chi connectivity index (χ1v) is 12.7. The molecule has 0 spiro atoms. The number of nitrogens with zero attached hydrogens (tertiary/aromatic N) is 4. The van der Waals surface area contributed by atoms with Crippen LogP contribution in [0.5, 0.6) is 0 Å². The highest BCUT2D eigenvalue weighted by atomic mass is 35.5. The monoisotopic (exact) mass is 465 g/mol. The summed E-state index contributed by atoms with van der Waals surface area (Å²) in [4.78, 5) is 12.9. The summed E-state index contributed by atoms with van der Waals surface area (Å²) < 4.78 is 25.7. The maximum Gasteiger partial charge on any atom is 0.165 e. The Hall–Kier alpha value is -2.97. The van der Waals surface area contributed by atoms with Crippen molar-refractivity contribution in [2.75, 3.05) is 11.5 Å². The van der Waals surface area contributed by atoms with Crippen LogP contribution in [0.15, 0.2) is 42.9 Å². The number of hydrogen-bond acceptors (Lipinski definition) is 5. The largest absolute Gasteiger partial charge is 0.344 e. The van der Waals surface area contributed by atoms with Crippen LogP contribution in [-0.2, 0) is 9.84 Å². The zero-order valence-corrected chi connectivity index (χ0v) is 18.9. The standard InChI is InChI=1S/C23H20ClN5O2S/c1-13-2-3-19-15(8-13)9-16(10-25-19)17-11-27-29-22(17)28-21(20-18(24)12-26-23(20)29)14-4-6-32(30,31)7-5-14/h2-3,8-12,14,26H,4-7H2,1H3. The number of halogens is 1. The number of aromatic nitrogens is 5. The highest BCUT2D eigenvalue weighted by Crippen LogP contribution is 2.38. The van der Waals surface area contributed by atoms with E-state index in [4.69, 9.17) is 16.6 Å². The minimum Gasteiger partial charge on any atom is -0.344 e. The zero-order chi connectivity index (χ0) is 22.0. The van der Waals surface area contributed by atoms with Crippen molar-refractivity contribution < 1.29 is 8.42 Å². The Labute approximate surface area is 189 Å². The van der Waals surface area contributed by atoms with E-state index in [1.807, 2.05) is 18.3 Å². The fourth-order valence-electron chi connectivity index (χ4n) is 4.64. The Morgan fingerprint density at radius 2 is 1.97 bits per heavy atom. The highest BCUT2D eigenvalue weighted by Gasteiger charge is 2.29. The first kappa shape index (κ1) is 19.7. The molecule has 1 aromatic carbocycles. The lowest BCUT2D eigenvalue weighted by atomic mass is 9.96. The van der Waals surface area contributed by atoms with Crippen molar-refractivity contribution in [3.8, 4) is 11.1 Å². The molecule has 1 saturated heterocycles. The SMILES string of the molecule is Cc1ccc2ncc(-c3cnn4c3nc(C3CCS(=O)(=O)CC3)c3c(Cl)c[nH]c34)cc2c1. The Kier molecular flexibility index (Phi) is 4.32. The summed E-state index contributed by atoms with van der Waals surface area (Å²) >= 11 is 6.52. The maximum absolute atomic E-state index is 12.0. The quantitative estimate of drug-likeness (QED) is 0.408. The third-order valence-corrected chi connectivity index (χ3v) is 8.35. The zero-order valence-electron chi connectivity index (χ0n) is 17.3. The van der Waals surface area contributed by atoms with Crippen LogP contribution >= 0.6 is 11.6 Å². The molecule has 0 amide bonds. The van der Waals surface area contributed by atoms with Gasteiger partial charge >= 0.3 is 0 Å². The number of aryl methyl sites for hydroxylation is 1. The summed E-state index contributed by atoms with van der Waals surface area (Å²) in [7, 11) is -2.98. The Morgan fingerprint density at radius 1 is 1.16 bits per heavy atom. The normalized spacial score (nSPS) is 16.9. The smallest absolute Gasteiger partial charge is 0.165 e. The molecule has 4 aromatic heterocycles. The molecule has 1 N–H and O–H groups in total. The van der Waals surface area contributed by atoms with Crippen LogP contribution in [0.2, 0.25) is 5.02 Å². The molecule has 32 heavy (non-hydrogen) atoms. The minimum atomic E-state index is -2.98. The first-order valence-electron chi connectivity index (χ1n) is 10.5. The number of nitrogens with one attached hydrogen (secondary N) is 1. The number of sulfone groups is 1. The van der Waals surface area contributed by atoms with Gasteiger partial charge in [-0.1, -0.05) is 23.2 Å². The molecule has 0 saturated carbocycles. The van der Waals surface area contributed by atoms with Crippen LogP contribution in [0.3, 0.4) is 0 Å². The van der Waals surface area contributed by atoms with Gasteiger partial charge in [-0.2, -0.15) is 9.61 Å². The second-order valence-corrected chi connectivity index (χ2v) is 11.2. The van der Waals surface area contributed by atoms with Crippen LogP contribution < -0.4 is 0 Å². The summed E-state index contributed by atoms with van der Waals surface area (Å²) in [6.45, 7) is 2.06. The number of aromatic amines is 1. The molecule has 0 aliphatic carbocycles. The van der Waals surface area contributed by atoms with Gasteiger partial charge in [-0.25, -0.2) is 13.4 Å². The van der Waals surface area contributed by atoms with Crippen molar-refractivity contribution in [3.05, 3.63) is 59.1 Å². The lowest BCUT2D eigenvalue weighted by Gasteiger charge is -2.22. The number of fused-ring (bicyclic) bond motifs is 4. The van der Waals surface area contributed by atoms with Gasteiger partial charge in [-0.15, -0.1) is 0 Å². The van der Waals surface area contributed by atoms with Crippen molar-refractivity contribution in [1.82, 2.24) is 24.6 Å². The van der Waals surface area contributed by atoms with E-state index in [1.54, 1.807) is 16.9 Å². The predicted octanol–water partition coefficient (Wildman–Crippen LogP) is 4.68. The molecule has 5 heterocycles. The number of hydrogen-bond donors (Lipinski definition) is 1. The van der Waals surface area contributed by atoms with Crippen LogP contribution in [-0.4, -0.2) is 44.5 Å². The Morgan fingerprint density at radius 3 is 2.78 bits per heavy atom. The second-order valence-electron chi connectivity index (χ2n) is 8.50. The molecule has 0 unspecified atom stereocenters. The molecule has 0 bridgehead atoms. The fraction of sp³-hybridized carbons (Fsp3) is 0.261. The van der Waals surface area contributed by atoms with Crippen molar-refractivity contribution in [2.45, 2.75) is 25.7 Å². The second kappa shape index (κ2) is 7.02. The van der Waals surface area contributed by atoms with E-state index in [2.05, 4.69) is 34.1 Å². The molecular weight excluding hydrogens is 446 g/mol. The van der Waals surface area contributed by atoms with Crippen molar-refractivity contribution in [2.24, 2.45) is 0 Å². The van der Waals surface area contributed by atoms with E-state index >= 15 is 0 Å². The van der Waals surface area contributed by atoms with Crippen LogP contribution in [0.4, 0.5) is 0 Å². The molecule has 1 aliphatic heterocycles. The fourth-order valence-corrected chi connectivity index (χ4v) is 6.38. The van der Waals surface area contributed by atoms with Gasteiger partial charge in [0.15, 0.2) is 5.65 Å². The molecule has 9 heteroatoms. The third-order valence-electron chi connectivity index (χ3n) is 6.34. The Balaban J connectivity index is 1.56. The summed E-state index contributed by atoms with van der Waals surface area (Å²) in [5, 5.41) is 7.02. The summed E-state index contributed by atoms with van der Waals surface area (Å²) in [6.07, 6.45) is 6.46. The van der Waals surface area contributed by atoms with Crippen LogP contribution in [0.25, 0.3) is 38.7 Å². The summed E-state index contributed by atoms with van der Waals surface area (Å²) in [5.41, 5.74) is 6.21. The minimum absolute atomic E-state index is 0.0273. The van der Waals surface area contributed by atoms with Gasteiger partial charge in [0.2, 0.25) is 0 Å². The van der Waals surface area contributed by atoms with Crippen LogP contribution in [0, 0.1) is 6.92 Å². The topological polar surface area (TPSA) is 93.0 Å². The predicted molar refractivity (Wildman–Crippen MR) is 126 cm³/mol. The lowest BCUT2D eigenvalue weighted by molar-refractivity contribution is 0.546. The van der Waals surface area contributed by atoms with Gasteiger partial charge in [0.1, 0.15) is 15.5 Å². The van der Waals surface area contributed by atoms with Crippen molar-refractivity contribution in [1.29, 1.82) is 0 Å².